The third-order valence-corrected chi connectivity index (χ3v) is 3.82. The zero-order valence-corrected chi connectivity index (χ0v) is 12.5. The Kier molecular flexibility index (Phi) is 3.94. The zero-order chi connectivity index (χ0) is 14.1. The molecule has 2 heterocycles. The molecule has 0 bridgehead atoms. The first-order valence-corrected chi connectivity index (χ1v) is 7.48. The van der Waals surface area contributed by atoms with Crippen molar-refractivity contribution in [3.63, 3.8) is 0 Å². The van der Waals surface area contributed by atoms with E-state index >= 15 is 0 Å². The summed E-state index contributed by atoms with van der Waals surface area (Å²) in [5.74, 6) is 0.598. The summed E-state index contributed by atoms with van der Waals surface area (Å²) >= 11 is 6.00. The highest BCUT2D eigenvalue weighted by Crippen LogP contribution is 2.32. The first-order chi connectivity index (χ1) is 9.63. The molecular weight excluding hydrogens is 280 g/mol. The van der Waals surface area contributed by atoms with Gasteiger partial charge in [-0.2, -0.15) is 15.0 Å². The highest BCUT2D eigenvalue weighted by molar-refractivity contribution is 6.28. The van der Waals surface area contributed by atoms with E-state index in [0.717, 1.165) is 19.4 Å². The second kappa shape index (κ2) is 5.69. The van der Waals surface area contributed by atoms with Crippen LogP contribution in [0.15, 0.2) is 0 Å². The van der Waals surface area contributed by atoms with E-state index < -0.39 is 0 Å². The Bertz CT molecular complexity index is 485. The number of aromatic nitrogens is 3. The van der Waals surface area contributed by atoms with Crippen molar-refractivity contribution >= 4 is 17.5 Å². The topological polar surface area (TPSA) is 60.4 Å². The van der Waals surface area contributed by atoms with Crippen LogP contribution in [0.5, 0.6) is 6.01 Å². The molecule has 20 heavy (non-hydrogen) atoms. The maximum absolute atomic E-state index is 6.00. The minimum absolute atomic E-state index is 0.00485. The summed E-state index contributed by atoms with van der Waals surface area (Å²) in [6.45, 7) is 5.34. The van der Waals surface area contributed by atoms with Gasteiger partial charge in [-0.1, -0.05) is 0 Å². The smallest absolute Gasteiger partial charge is 0.322 e. The minimum atomic E-state index is 0.00485. The lowest BCUT2D eigenvalue weighted by molar-refractivity contribution is 0.0249. The van der Waals surface area contributed by atoms with Crippen molar-refractivity contribution in [2.75, 3.05) is 18.1 Å². The Labute approximate surface area is 123 Å². The van der Waals surface area contributed by atoms with Gasteiger partial charge in [-0.05, 0) is 44.7 Å². The predicted octanol–water partition coefficient (Wildman–Crippen LogP) is 2.07. The van der Waals surface area contributed by atoms with Gasteiger partial charge in [0.1, 0.15) is 0 Å². The van der Waals surface area contributed by atoms with Crippen LogP contribution in [0.1, 0.15) is 33.1 Å². The average molecular weight is 299 g/mol. The fourth-order valence-electron chi connectivity index (χ4n) is 2.89. The van der Waals surface area contributed by atoms with Crippen LogP contribution in [-0.4, -0.2) is 46.4 Å². The van der Waals surface area contributed by atoms with E-state index in [1.54, 1.807) is 0 Å². The SMILES string of the molecule is CC(C)Oc1nc(Cl)nc(N2CCOC3CCCC32)n1. The summed E-state index contributed by atoms with van der Waals surface area (Å²) < 4.78 is 11.3. The van der Waals surface area contributed by atoms with E-state index in [1.807, 2.05) is 13.8 Å². The van der Waals surface area contributed by atoms with E-state index in [2.05, 4.69) is 19.9 Å². The van der Waals surface area contributed by atoms with Gasteiger partial charge < -0.3 is 14.4 Å². The number of morpholine rings is 1. The molecule has 1 aliphatic heterocycles. The number of anilines is 1. The van der Waals surface area contributed by atoms with Crippen molar-refractivity contribution in [2.45, 2.75) is 51.4 Å². The Morgan fingerprint density at radius 3 is 2.95 bits per heavy atom. The summed E-state index contributed by atoms with van der Waals surface area (Å²) in [4.78, 5) is 14.9. The van der Waals surface area contributed by atoms with E-state index in [9.17, 15) is 0 Å². The lowest BCUT2D eigenvalue weighted by Crippen LogP contribution is -2.49. The van der Waals surface area contributed by atoms with Gasteiger partial charge in [0.25, 0.3) is 0 Å². The van der Waals surface area contributed by atoms with Gasteiger partial charge in [-0.3, -0.25) is 0 Å². The average Bonchev–Trinajstić information content (AvgIpc) is 2.84. The Hall–Kier alpha value is -1.14. The molecule has 1 aromatic heterocycles. The van der Waals surface area contributed by atoms with Crippen molar-refractivity contribution < 1.29 is 9.47 Å². The maximum Gasteiger partial charge on any atom is 0.322 e. The van der Waals surface area contributed by atoms with Gasteiger partial charge >= 0.3 is 6.01 Å². The van der Waals surface area contributed by atoms with E-state index in [1.165, 1.54) is 6.42 Å². The van der Waals surface area contributed by atoms with Crippen molar-refractivity contribution in [3.05, 3.63) is 5.28 Å². The van der Waals surface area contributed by atoms with Gasteiger partial charge in [-0.15, -0.1) is 0 Å². The summed E-state index contributed by atoms with van der Waals surface area (Å²) in [7, 11) is 0. The standard InChI is InChI=1S/C13H19ClN4O2/c1-8(2)20-13-16-11(14)15-12(17-13)18-6-7-19-10-5-3-4-9(10)18/h8-10H,3-7H2,1-2H3. The number of hydrogen-bond acceptors (Lipinski definition) is 6. The molecule has 0 amide bonds. The quantitative estimate of drug-likeness (QED) is 0.851. The summed E-state index contributed by atoms with van der Waals surface area (Å²) in [5, 5.41) is 0.173. The maximum atomic E-state index is 6.00. The van der Waals surface area contributed by atoms with E-state index in [4.69, 9.17) is 21.1 Å². The van der Waals surface area contributed by atoms with Gasteiger partial charge in [0.2, 0.25) is 11.2 Å². The number of hydrogen-bond donors (Lipinski definition) is 0. The molecule has 7 heteroatoms. The third-order valence-electron chi connectivity index (χ3n) is 3.66. The highest BCUT2D eigenvalue weighted by Gasteiger charge is 2.37. The minimum Gasteiger partial charge on any atom is -0.461 e. The van der Waals surface area contributed by atoms with Crippen LogP contribution in [-0.2, 0) is 4.74 Å². The monoisotopic (exact) mass is 298 g/mol. The lowest BCUT2D eigenvalue weighted by atomic mass is 10.1. The Morgan fingerprint density at radius 2 is 2.15 bits per heavy atom. The molecule has 110 valence electrons. The molecule has 2 fully saturated rings. The lowest BCUT2D eigenvalue weighted by Gasteiger charge is -2.37. The van der Waals surface area contributed by atoms with E-state index in [0.29, 0.717) is 18.6 Å². The van der Waals surface area contributed by atoms with Crippen LogP contribution < -0.4 is 9.64 Å². The fourth-order valence-corrected chi connectivity index (χ4v) is 3.04. The molecule has 6 nitrogen and oxygen atoms in total. The van der Waals surface area contributed by atoms with Crippen molar-refractivity contribution in [1.29, 1.82) is 0 Å². The van der Waals surface area contributed by atoms with Crippen LogP contribution in [0.2, 0.25) is 5.28 Å². The number of halogens is 1. The summed E-state index contributed by atoms with van der Waals surface area (Å²) in [5.41, 5.74) is 0. The molecule has 1 saturated heterocycles. The summed E-state index contributed by atoms with van der Waals surface area (Å²) in [6, 6.07) is 0.630. The van der Waals surface area contributed by atoms with Gasteiger partial charge in [0, 0.05) is 6.54 Å². The van der Waals surface area contributed by atoms with Crippen LogP contribution in [0.25, 0.3) is 0 Å². The van der Waals surface area contributed by atoms with Crippen molar-refractivity contribution in [2.24, 2.45) is 0 Å². The first-order valence-electron chi connectivity index (χ1n) is 7.10. The molecule has 2 unspecified atom stereocenters. The number of fused-ring (bicyclic) bond motifs is 1. The Balaban J connectivity index is 1.86. The molecule has 1 aliphatic carbocycles. The molecule has 2 atom stereocenters. The largest absolute Gasteiger partial charge is 0.461 e. The molecule has 1 aromatic rings. The number of ether oxygens (including phenoxy) is 2. The Morgan fingerprint density at radius 1 is 1.30 bits per heavy atom. The first kappa shape index (κ1) is 13.8. The number of nitrogens with zero attached hydrogens (tertiary/aromatic N) is 4. The number of rotatable bonds is 3. The molecular formula is C13H19ClN4O2. The zero-order valence-electron chi connectivity index (χ0n) is 11.8. The normalized spacial score (nSPS) is 25.9. The summed E-state index contributed by atoms with van der Waals surface area (Å²) in [6.07, 6.45) is 3.68. The van der Waals surface area contributed by atoms with Crippen molar-refractivity contribution in [1.82, 2.24) is 15.0 Å². The van der Waals surface area contributed by atoms with Crippen molar-refractivity contribution in [3.8, 4) is 6.01 Å². The van der Waals surface area contributed by atoms with Crippen LogP contribution in [0, 0.1) is 0 Å². The van der Waals surface area contributed by atoms with E-state index in [-0.39, 0.29) is 23.5 Å². The molecule has 0 spiro atoms. The van der Waals surface area contributed by atoms with Gasteiger partial charge in [0.15, 0.2) is 0 Å². The molecule has 1 saturated carbocycles. The third kappa shape index (κ3) is 2.81. The second-order valence-electron chi connectivity index (χ2n) is 5.45. The molecule has 3 rings (SSSR count). The second-order valence-corrected chi connectivity index (χ2v) is 5.79. The molecule has 2 aliphatic rings. The predicted molar refractivity (Wildman–Crippen MR) is 75.3 cm³/mol. The fraction of sp³-hybridized carbons (Fsp3) is 0.769. The molecule has 0 aromatic carbocycles. The van der Waals surface area contributed by atoms with Gasteiger partial charge in [-0.25, -0.2) is 0 Å². The van der Waals surface area contributed by atoms with Crippen LogP contribution in [0.4, 0.5) is 5.95 Å². The molecule has 0 radical (unpaired) electrons. The highest BCUT2D eigenvalue weighted by atomic mass is 35.5. The van der Waals surface area contributed by atoms with Crippen LogP contribution >= 0.6 is 11.6 Å². The molecule has 0 N–H and O–H groups in total. The van der Waals surface area contributed by atoms with Crippen LogP contribution in [0.3, 0.4) is 0 Å². The van der Waals surface area contributed by atoms with Gasteiger partial charge in [0.05, 0.1) is 24.9 Å².